The van der Waals surface area contributed by atoms with Crippen LogP contribution in [0.15, 0.2) is 22.8 Å². The zero-order valence-corrected chi connectivity index (χ0v) is 12.5. The van der Waals surface area contributed by atoms with Gasteiger partial charge in [0.05, 0.1) is 26.3 Å². The van der Waals surface area contributed by atoms with Crippen molar-refractivity contribution in [1.29, 1.82) is 0 Å². The van der Waals surface area contributed by atoms with Crippen LogP contribution < -0.4 is 0 Å². The normalized spacial score (nSPS) is 15.7. The number of carbonyl (C=O) groups excluding carboxylic acids is 2. The molecule has 0 radical (unpaired) electrons. The Labute approximate surface area is 125 Å². The Bertz CT molecular complexity index is 449. The molecule has 5 heteroatoms. The highest BCUT2D eigenvalue weighted by atomic mass is 16.5. The number of amides is 1. The molecule has 5 nitrogen and oxygen atoms in total. The van der Waals surface area contributed by atoms with Crippen LogP contribution in [-0.2, 0) is 20.9 Å². The van der Waals surface area contributed by atoms with Crippen LogP contribution in [0.3, 0.4) is 0 Å². The van der Waals surface area contributed by atoms with Gasteiger partial charge in [-0.15, -0.1) is 0 Å². The molecule has 0 saturated heterocycles. The van der Waals surface area contributed by atoms with Crippen molar-refractivity contribution in [3.63, 3.8) is 0 Å². The smallest absolute Gasteiger partial charge is 0.307 e. The zero-order chi connectivity index (χ0) is 15.1. The van der Waals surface area contributed by atoms with E-state index < -0.39 is 0 Å². The summed E-state index contributed by atoms with van der Waals surface area (Å²) in [5.41, 5.74) is 0. The number of rotatable bonds is 6. The lowest BCUT2D eigenvalue weighted by molar-refractivity contribution is -0.143. The summed E-state index contributed by atoms with van der Waals surface area (Å²) in [6, 6.07) is 3.65. The van der Waals surface area contributed by atoms with Gasteiger partial charge in [0.15, 0.2) is 0 Å². The molecule has 1 aliphatic carbocycles. The van der Waals surface area contributed by atoms with Gasteiger partial charge in [0.1, 0.15) is 5.76 Å². The second-order valence-electron chi connectivity index (χ2n) is 5.50. The first kappa shape index (κ1) is 15.6. The van der Waals surface area contributed by atoms with E-state index in [1.807, 2.05) is 6.07 Å². The van der Waals surface area contributed by atoms with Gasteiger partial charge in [-0.05, 0) is 25.0 Å². The summed E-state index contributed by atoms with van der Waals surface area (Å²) in [5, 5.41) is 0. The van der Waals surface area contributed by atoms with Crippen molar-refractivity contribution >= 4 is 11.9 Å². The topological polar surface area (TPSA) is 59.8 Å². The minimum absolute atomic E-state index is 0.0892. The molecule has 1 aliphatic rings. The van der Waals surface area contributed by atoms with Crippen LogP contribution in [0.4, 0.5) is 0 Å². The molecule has 0 N–H and O–H groups in total. The zero-order valence-electron chi connectivity index (χ0n) is 12.5. The summed E-state index contributed by atoms with van der Waals surface area (Å²) >= 11 is 0. The van der Waals surface area contributed by atoms with E-state index in [1.165, 1.54) is 13.5 Å². The molecule has 0 bridgehead atoms. The van der Waals surface area contributed by atoms with E-state index in [2.05, 4.69) is 4.74 Å². The molecular formula is C16H23NO4. The summed E-state index contributed by atoms with van der Waals surface area (Å²) in [6.07, 6.45) is 7.15. The number of methoxy groups -OCH3 is 1. The van der Waals surface area contributed by atoms with Crippen molar-refractivity contribution in [2.24, 2.45) is 5.92 Å². The Morgan fingerprint density at radius 2 is 2.10 bits per heavy atom. The molecule has 116 valence electrons. The van der Waals surface area contributed by atoms with E-state index in [-0.39, 0.29) is 24.2 Å². The van der Waals surface area contributed by atoms with Gasteiger partial charge in [-0.25, -0.2) is 0 Å². The second-order valence-corrected chi connectivity index (χ2v) is 5.50. The minimum atomic E-state index is -0.295. The van der Waals surface area contributed by atoms with E-state index in [0.717, 1.165) is 31.4 Å². The largest absolute Gasteiger partial charge is 0.469 e. The summed E-state index contributed by atoms with van der Waals surface area (Å²) in [5.74, 6) is 0.668. The first-order valence-electron chi connectivity index (χ1n) is 7.58. The van der Waals surface area contributed by atoms with Crippen LogP contribution in [0.1, 0.15) is 44.3 Å². The maximum atomic E-state index is 12.7. The van der Waals surface area contributed by atoms with Crippen LogP contribution in [0.25, 0.3) is 0 Å². The van der Waals surface area contributed by atoms with Crippen molar-refractivity contribution in [3.8, 4) is 0 Å². The lowest BCUT2D eigenvalue weighted by Gasteiger charge is -2.28. The van der Waals surface area contributed by atoms with Crippen molar-refractivity contribution in [3.05, 3.63) is 24.2 Å². The average molecular weight is 293 g/mol. The van der Waals surface area contributed by atoms with Crippen molar-refractivity contribution in [1.82, 2.24) is 4.90 Å². The molecule has 0 unspecified atom stereocenters. The molecule has 1 aromatic heterocycles. The number of furan rings is 1. The maximum Gasteiger partial charge on any atom is 0.307 e. The number of esters is 1. The lowest BCUT2D eigenvalue weighted by Crippen LogP contribution is -2.38. The molecule has 0 spiro atoms. The van der Waals surface area contributed by atoms with Gasteiger partial charge in [-0.3, -0.25) is 9.59 Å². The fraction of sp³-hybridized carbons (Fsp3) is 0.625. The average Bonchev–Trinajstić information content (AvgIpc) is 3.04. The Kier molecular flexibility index (Phi) is 5.84. The van der Waals surface area contributed by atoms with Crippen LogP contribution in [0, 0.1) is 5.92 Å². The van der Waals surface area contributed by atoms with E-state index in [1.54, 1.807) is 17.2 Å². The van der Waals surface area contributed by atoms with Gasteiger partial charge in [0.2, 0.25) is 5.91 Å². The summed E-state index contributed by atoms with van der Waals surface area (Å²) < 4.78 is 9.99. The van der Waals surface area contributed by atoms with Crippen molar-refractivity contribution in [2.75, 3.05) is 13.7 Å². The number of hydrogen-bond donors (Lipinski definition) is 0. The van der Waals surface area contributed by atoms with E-state index in [9.17, 15) is 9.59 Å². The fourth-order valence-corrected chi connectivity index (χ4v) is 2.79. The second kappa shape index (κ2) is 7.86. The van der Waals surface area contributed by atoms with Crippen LogP contribution >= 0.6 is 0 Å². The first-order valence-corrected chi connectivity index (χ1v) is 7.58. The number of carbonyl (C=O) groups is 2. The van der Waals surface area contributed by atoms with Crippen LogP contribution in [-0.4, -0.2) is 30.4 Å². The fourth-order valence-electron chi connectivity index (χ4n) is 2.79. The van der Waals surface area contributed by atoms with E-state index in [4.69, 9.17) is 4.42 Å². The Balaban J connectivity index is 1.98. The van der Waals surface area contributed by atoms with Gasteiger partial charge in [0, 0.05) is 12.5 Å². The Morgan fingerprint density at radius 3 is 2.71 bits per heavy atom. The predicted molar refractivity (Wildman–Crippen MR) is 77.3 cm³/mol. The van der Waals surface area contributed by atoms with E-state index in [0.29, 0.717) is 13.1 Å². The Hall–Kier alpha value is -1.78. The van der Waals surface area contributed by atoms with Gasteiger partial charge in [-0.1, -0.05) is 19.3 Å². The standard InChI is InChI=1S/C16H23NO4/c1-20-15(18)9-10-17(12-14-8-5-11-21-14)16(19)13-6-3-2-4-7-13/h5,8,11,13H,2-4,6-7,9-10,12H2,1H3. The lowest BCUT2D eigenvalue weighted by atomic mass is 9.88. The molecule has 1 fully saturated rings. The van der Waals surface area contributed by atoms with Gasteiger partial charge in [0.25, 0.3) is 0 Å². The molecule has 2 rings (SSSR count). The van der Waals surface area contributed by atoms with Gasteiger partial charge >= 0.3 is 5.97 Å². The third-order valence-corrected chi connectivity index (χ3v) is 4.01. The van der Waals surface area contributed by atoms with Crippen LogP contribution in [0.2, 0.25) is 0 Å². The maximum absolute atomic E-state index is 12.7. The highest BCUT2D eigenvalue weighted by Gasteiger charge is 2.26. The van der Waals surface area contributed by atoms with Crippen molar-refractivity contribution in [2.45, 2.75) is 45.1 Å². The summed E-state index contributed by atoms with van der Waals surface area (Å²) in [4.78, 5) is 25.7. The number of nitrogens with zero attached hydrogens (tertiary/aromatic N) is 1. The van der Waals surface area contributed by atoms with Crippen molar-refractivity contribution < 1.29 is 18.7 Å². The molecule has 1 saturated carbocycles. The monoisotopic (exact) mass is 293 g/mol. The van der Waals surface area contributed by atoms with E-state index >= 15 is 0 Å². The third-order valence-electron chi connectivity index (χ3n) is 4.01. The third kappa shape index (κ3) is 4.62. The summed E-state index contributed by atoms with van der Waals surface area (Å²) in [6.45, 7) is 0.794. The van der Waals surface area contributed by atoms with Gasteiger partial charge < -0.3 is 14.1 Å². The quantitative estimate of drug-likeness (QED) is 0.757. The number of hydrogen-bond acceptors (Lipinski definition) is 4. The molecule has 21 heavy (non-hydrogen) atoms. The van der Waals surface area contributed by atoms with Gasteiger partial charge in [-0.2, -0.15) is 0 Å². The highest BCUT2D eigenvalue weighted by Crippen LogP contribution is 2.26. The SMILES string of the molecule is COC(=O)CCN(Cc1ccco1)C(=O)C1CCCCC1. The Morgan fingerprint density at radius 1 is 1.33 bits per heavy atom. The molecule has 0 atom stereocenters. The molecule has 1 amide bonds. The summed E-state index contributed by atoms with van der Waals surface area (Å²) in [7, 11) is 1.36. The first-order chi connectivity index (χ1) is 10.2. The minimum Gasteiger partial charge on any atom is -0.469 e. The molecule has 0 aliphatic heterocycles. The highest BCUT2D eigenvalue weighted by molar-refractivity contribution is 5.79. The molecule has 1 aromatic rings. The number of ether oxygens (including phenoxy) is 1. The molecule has 1 heterocycles. The molecule has 0 aromatic carbocycles. The molecular weight excluding hydrogens is 270 g/mol. The predicted octanol–water partition coefficient (Wildman–Crippen LogP) is 2.75. The van der Waals surface area contributed by atoms with Crippen LogP contribution in [0.5, 0.6) is 0 Å².